The van der Waals surface area contributed by atoms with E-state index in [1.165, 1.54) is 12.0 Å². The Morgan fingerprint density at radius 3 is 2.77 bits per heavy atom. The zero-order valence-electron chi connectivity index (χ0n) is 13.1. The van der Waals surface area contributed by atoms with Crippen molar-refractivity contribution in [3.63, 3.8) is 0 Å². The molecule has 1 saturated carbocycles. The van der Waals surface area contributed by atoms with Crippen LogP contribution in [0.2, 0.25) is 5.02 Å². The molecule has 1 aromatic rings. The normalized spacial score (nSPS) is 31.3. The molecule has 0 spiro atoms. The average molecular weight is 323 g/mol. The number of likely N-dealkylation sites (tertiary alicyclic amines) is 1. The molecule has 0 radical (unpaired) electrons. The molecule has 1 heterocycles. The summed E-state index contributed by atoms with van der Waals surface area (Å²) in [6.45, 7) is 3.02. The van der Waals surface area contributed by atoms with Crippen LogP contribution in [-0.4, -0.2) is 41.8 Å². The Hall–Kier alpha value is -0.610. The van der Waals surface area contributed by atoms with Crippen LogP contribution < -0.4 is 5.73 Å². The minimum absolute atomic E-state index is 0.186. The summed E-state index contributed by atoms with van der Waals surface area (Å²) < 4.78 is 0. The highest BCUT2D eigenvalue weighted by atomic mass is 35.5. The van der Waals surface area contributed by atoms with Gasteiger partial charge in [-0.1, -0.05) is 36.6 Å². The number of halogens is 1. The van der Waals surface area contributed by atoms with Crippen molar-refractivity contribution in [3.8, 4) is 0 Å². The van der Waals surface area contributed by atoms with E-state index in [2.05, 4.69) is 17.0 Å². The second-order valence-corrected chi connectivity index (χ2v) is 7.42. The van der Waals surface area contributed by atoms with Gasteiger partial charge in [-0.2, -0.15) is 0 Å². The minimum atomic E-state index is -0.186. The van der Waals surface area contributed by atoms with Gasteiger partial charge in [-0.25, -0.2) is 0 Å². The van der Waals surface area contributed by atoms with Crippen molar-refractivity contribution in [2.75, 3.05) is 19.6 Å². The van der Waals surface area contributed by atoms with Gasteiger partial charge >= 0.3 is 0 Å². The monoisotopic (exact) mass is 322 g/mol. The van der Waals surface area contributed by atoms with Crippen LogP contribution in [-0.2, 0) is 0 Å². The second-order valence-electron chi connectivity index (χ2n) is 6.99. The van der Waals surface area contributed by atoms with Crippen molar-refractivity contribution in [1.82, 2.24) is 4.90 Å². The van der Waals surface area contributed by atoms with E-state index in [9.17, 15) is 5.11 Å². The Labute approximate surface area is 138 Å². The van der Waals surface area contributed by atoms with E-state index in [4.69, 9.17) is 17.3 Å². The number of hydrogen-bond donors (Lipinski definition) is 2. The van der Waals surface area contributed by atoms with Gasteiger partial charge in [0.25, 0.3) is 0 Å². The maximum atomic E-state index is 10.5. The van der Waals surface area contributed by atoms with Gasteiger partial charge in [0.15, 0.2) is 0 Å². The lowest BCUT2D eigenvalue weighted by Crippen LogP contribution is -2.37. The van der Waals surface area contributed by atoms with Crippen molar-refractivity contribution >= 4 is 11.6 Å². The predicted molar refractivity (Wildman–Crippen MR) is 91.2 cm³/mol. The van der Waals surface area contributed by atoms with Crippen LogP contribution in [0.4, 0.5) is 0 Å². The van der Waals surface area contributed by atoms with Gasteiger partial charge in [-0.15, -0.1) is 0 Å². The highest BCUT2D eigenvalue weighted by Crippen LogP contribution is 2.38. The molecule has 1 saturated heterocycles. The van der Waals surface area contributed by atoms with E-state index in [1.54, 1.807) is 0 Å². The quantitative estimate of drug-likeness (QED) is 0.896. The maximum Gasteiger partial charge on any atom is 0.0574 e. The van der Waals surface area contributed by atoms with Crippen molar-refractivity contribution in [3.05, 3.63) is 34.9 Å². The van der Waals surface area contributed by atoms with Crippen molar-refractivity contribution in [1.29, 1.82) is 0 Å². The van der Waals surface area contributed by atoms with Crippen molar-refractivity contribution < 1.29 is 5.11 Å². The summed E-state index contributed by atoms with van der Waals surface area (Å²) in [5.74, 6) is 0.684. The molecule has 1 aliphatic heterocycles. The van der Waals surface area contributed by atoms with E-state index in [1.807, 2.05) is 12.1 Å². The molecule has 4 atom stereocenters. The fourth-order valence-electron chi connectivity index (χ4n) is 4.14. The van der Waals surface area contributed by atoms with Crippen LogP contribution >= 0.6 is 11.6 Å². The molecule has 1 aliphatic carbocycles. The van der Waals surface area contributed by atoms with Gasteiger partial charge in [0.1, 0.15) is 0 Å². The summed E-state index contributed by atoms with van der Waals surface area (Å²) in [4.78, 5) is 2.46. The van der Waals surface area contributed by atoms with Crippen LogP contribution in [0, 0.1) is 5.92 Å². The molecule has 4 heteroatoms. The number of benzene rings is 1. The topological polar surface area (TPSA) is 49.5 Å². The van der Waals surface area contributed by atoms with E-state index >= 15 is 0 Å². The third-order valence-electron chi connectivity index (χ3n) is 5.34. The Morgan fingerprint density at radius 2 is 2.09 bits per heavy atom. The summed E-state index contributed by atoms with van der Waals surface area (Å²) >= 11 is 6.21. The van der Waals surface area contributed by atoms with Crippen LogP contribution in [0.5, 0.6) is 0 Å². The fourth-order valence-corrected chi connectivity index (χ4v) is 4.34. The Balaban J connectivity index is 1.81. The first-order chi connectivity index (χ1) is 10.6. The predicted octanol–water partition coefficient (Wildman–Crippen LogP) is 3.01. The summed E-state index contributed by atoms with van der Waals surface area (Å²) in [7, 11) is 0. The summed E-state index contributed by atoms with van der Waals surface area (Å²) in [5.41, 5.74) is 7.32. The van der Waals surface area contributed by atoms with Crippen LogP contribution in [0.3, 0.4) is 0 Å². The average Bonchev–Trinajstić information content (AvgIpc) is 2.91. The molecule has 0 aromatic heterocycles. The molecular formula is C18H27ClN2O. The lowest BCUT2D eigenvalue weighted by atomic mass is 9.75. The third kappa shape index (κ3) is 3.83. The van der Waals surface area contributed by atoms with Crippen molar-refractivity contribution in [2.24, 2.45) is 11.7 Å². The van der Waals surface area contributed by atoms with Gasteiger partial charge in [0, 0.05) is 30.1 Å². The van der Waals surface area contributed by atoms with Crippen LogP contribution in [0.1, 0.15) is 43.6 Å². The first kappa shape index (κ1) is 16.3. The van der Waals surface area contributed by atoms with Crippen molar-refractivity contribution in [2.45, 2.75) is 50.2 Å². The molecule has 2 unspecified atom stereocenters. The smallest absolute Gasteiger partial charge is 0.0574 e. The summed E-state index contributed by atoms with van der Waals surface area (Å²) in [6, 6.07) is 8.48. The maximum absolute atomic E-state index is 10.5. The first-order valence-corrected chi connectivity index (χ1v) is 8.93. The fraction of sp³-hybridized carbons (Fsp3) is 0.667. The highest BCUT2D eigenvalue weighted by molar-refractivity contribution is 6.30. The molecule has 3 rings (SSSR count). The second kappa shape index (κ2) is 7.31. The number of rotatable bonds is 4. The number of nitrogens with two attached hydrogens (primary N) is 1. The Kier molecular flexibility index (Phi) is 5.40. The standard InChI is InChI=1S/C18H27ClN2O/c19-14-5-3-4-13(10-14)17(12-21-9-8-15(20)11-21)16-6-1-2-7-18(16)22/h3-5,10,15-18,22H,1-2,6-9,11-12,20H2/t15-,16?,17?,18+/m0/s1. The van der Waals surface area contributed by atoms with E-state index in [0.717, 1.165) is 50.3 Å². The third-order valence-corrected chi connectivity index (χ3v) is 5.57. The molecule has 3 N–H and O–H groups in total. The highest BCUT2D eigenvalue weighted by Gasteiger charge is 2.34. The number of aliphatic hydroxyl groups excluding tert-OH is 1. The lowest BCUT2D eigenvalue weighted by Gasteiger charge is -2.36. The van der Waals surface area contributed by atoms with Gasteiger partial charge < -0.3 is 15.7 Å². The van der Waals surface area contributed by atoms with Gasteiger partial charge in [0.2, 0.25) is 0 Å². The minimum Gasteiger partial charge on any atom is -0.393 e. The SMILES string of the molecule is N[C@H]1CCN(CC(c2cccc(Cl)c2)C2CCCC[C@H]2O)C1. The Bertz CT molecular complexity index is 496. The summed E-state index contributed by atoms with van der Waals surface area (Å²) in [5, 5.41) is 11.3. The molecule has 2 aliphatic rings. The molecule has 1 aromatic carbocycles. The largest absolute Gasteiger partial charge is 0.393 e. The van der Waals surface area contributed by atoms with Gasteiger partial charge in [-0.3, -0.25) is 0 Å². The molecular weight excluding hydrogens is 296 g/mol. The van der Waals surface area contributed by atoms with Crippen LogP contribution in [0.15, 0.2) is 24.3 Å². The van der Waals surface area contributed by atoms with E-state index in [0.29, 0.717) is 17.9 Å². The van der Waals surface area contributed by atoms with Crippen LogP contribution in [0.25, 0.3) is 0 Å². The molecule has 122 valence electrons. The zero-order valence-corrected chi connectivity index (χ0v) is 13.9. The number of nitrogens with zero attached hydrogens (tertiary/aromatic N) is 1. The molecule has 0 bridgehead atoms. The van der Waals surface area contributed by atoms with Gasteiger partial charge in [-0.05, 0) is 49.4 Å². The molecule has 0 amide bonds. The number of aliphatic hydroxyl groups is 1. The van der Waals surface area contributed by atoms with Gasteiger partial charge in [0.05, 0.1) is 6.10 Å². The molecule has 3 nitrogen and oxygen atoms in total. The lowest BCUT2D eigenvalue weighted by molar-refractivity contribution is 0.0476. The van der Waals surface area contributed by atoms with E-state index < -0.39 is 0 Å². The number of hydrogen-bond acceptors (Lipinski definition) is 3. The summed E-state index contributed by atoms with van der Waals surface area (Å²) in [6.07, 6.45) is 5.30. The van der Waals surface area contributed by atoms with E-state index in [-0.39, 0.29) is 6.10 Å². The molecule has 2 fully saturated rings. The Morgan fingerprint density at radius 1 is 1.27 bits per heavy atom. The first-order valence-electron chi connectivity index (χ1n) is 8.55. The zero-order chi connectivity index (χ0) is 15.5. The molecule has 22 heavy (non-hydrogen) atoms.